The van der Waals surface area contributed by atoms with Crippen molar-refractivity contribution in [2.75, 3.05) is 13.1 Å². The minimum Gasteiger partial charge on any atom is -0.343 e. The second-order valence-electron chi connectivity index (χ2n) is 7.82. The number of carbonyl (C=O) groups is 2. The smallest absolute Gasteiger partial charge is 0.318 e. The summed E-state index contributed by atoms with van der Waals surface area (Å²) in [6, 6.07) is 0.601. The first-order chi connectivity index (χ1) is 13.1. The van der Waals surface area contributed by atoms with E-state index < -0.39 is 0 Å². The summed E-state index contributed by atoms with van der Waals surface area (Å²) in [5, 5.41) is 3.24. The van der Waals surface area contributed by atoms with Crippen molar-refractivity contribution >= 4 is 35.3 Å². The number of urea groups is 1. The minimum absolute atomic E-state index is 0.0417. The highest BCUT2D eigenvalue weighted by Gasteiger charge is 2.35. The van der Waals surface area contributed by atoms with Crippen LogP contribution in [-0.4, -0.2) is 52.3 Å². The summed E-state index contributed by atoms with van der Waals surface area (Å²) in [6.07, 6.45) is 12.2. The van der Waals surface area contributed by atoms with E-state index in [0.29, 0.717) is 12.5 Å². The number of likely N-dealkylation sites (tertiary alicyclic amines) is 1. The number of rotatable bonds is 4. The predicted octanol–water partition coefficient (Wildman–Crippen LogP) is 4.67. The van der Waals surface area contributed by atoms with Crippen LogP contribution < -0.4 is 5.32 Å². The average molecular weight is 414 g/mol. The van der Waals surface area contributed by atoms with Gasteiger partial charge in [-0.25, -0.2) is 4.79 Å². The molecule has 27 heavy (non-hydrogen) atoms. The fourth-order valence-corrected chi connectivity index (χ4v) is 5.74. The SMILES string of the molecule is CCC(=O)N1CCC(N(C(=O)NC2CC=C(Cl)S2)C2CCCCCC2)CC1. The Balaban J connectivity index is 1.66. The Morgan fingerprint density at radius 2 is 1.78 bits per heavy atom. The molecule has 1 atom stereocenters. The number of thioether (sulfide) groups is 1. The molecule has 2 fully saturated rings. The maximum atomic E-state index is 13.2. The Hall–Kier alpha value is -0.880. The molecule has 0 bridgehead atoms. The monoisotopic (exact) mass is 413 g/mol. The van der Waals surface area contributed by atoms with E-state index in [4.69, 9.17) is 11.6 Å². The molecule has 3 amide bonds. The van der Waals surface area contributed by atoms with Crippen molar-refractivity contribution in [1.29, 1.82) is 0 Å². The number of nitrogens with one attached hydrogen (secondary N) is 1. The minimum atomic E-state index is 0.0417. The van der Waals surface area contributed by atoms with Gasteiger partial charge in [-0.2, -0.15) is 0 Å². The molecule has 0 aromatic rings. The molecule has 2 heterocycles. The Morgan fingerprint density at radius 1 is 1.15 bits per heavy atom. The Morgan fingerprint density at radius 3 is 2.33 bits per heavy atom. The highest BCUT2D eigenvalue weighted by molar-refractivity contribution is 8.05. The first kappa shape index (κ1) is 20.8. The lowest BCUT2D eigenvalue weighted by molar-refractivity contribution is -0.132. The highest BCUT2D eigenvalue weighted by atomic mass is 35.5. The first-order valence-corrected chi connectivity index (χ1v) is 11.7. The number of carbonyl (C=O) groups excluding carboxylic acids is 2. The third kappa shape index (κ3) is 5.57. The van der Waals surface area contributed by atoms with E-state index in [-0.39, 0.29) is 23.4 Å². The summed E-state index contributed by atoms with van der Waals surface area (Å²) in [7, 11) is 0. The van der Waals surface area contributed by atoms with Gasteiger partial charge in [0, 0.05) is 31.6 Å². The third-order valence-electron chi connectivity index (χ3n) is 6.00. The molecule has 0 aromatic carbocycles. The van der Waals surface area contributed by atoms with Gasteiger partial charge in [0.05, 0.1) is 9.74 Å². The van der Waals surface area contributed by atoms with E-state index in [0.717, 1.165) is 49.6 Å². The van der Waals surface area contributed by atoms with Crippen molar-refractivity contribution in [3.63, 3.8) is 0 Å². The van der Waals surface area contributed by atoms with Crippen LogP contribution >= 0.6 is 23.4 Å². The predicted molar refractivity (Wildman–Crippen MR) is 112 cm³/mol. The maximum Gasteiger partial charge on any atom is 0.318 e. The second kappa shape index (κ2) is 10.1. The zero-order valence-electron chi connectivity index (χ0n) is 16.3. The summed E-state index contributed by atoms with van der Waals surface area (Å²) in [5.41, 5.74) is 0. The summed E-state index contributed by atoms with van der Waals surface area (Å²) in [5.74, 6) is 0.224. The molecule has 1 saturated carbocycles. The maximum absolute atomic E-state index is 13.2. The Bertz CT molecular complexity index is 555. The molecule has 0 spiro atoms. The molecule has 0 aromatic heterocycles. The van der Waals surface area contributed by atoms with Gasteiger partial charge < -0.3 is 15.1 Å². The van der Waals surface area contributed by atoms with E-state index in [2.05, 4.69) is 10.2 Å². The molecule has 2 aliphatic heterocycles. The van der Waals surface area contributed by atoms with Gasteiger partial charge in [-0.3, -0.25) is 4.79 Å². The molecule has 1 N–H and O–H groups in total. The quantitative estimate of drug-likeness (QED) is 0.681. The highest BCUT2D eigenvalue weighted by Crippen LogP contribution is 2.34. The van der Waals surface area contributed by atoms with Crippen LogP contribution in [-0.2, 0) is 4.79 Å². The number of piperidine rings is 1. The fourth-order valence-electron chi connectivity index (χ4n) is 4.52. The zero-order chi connectivity index (χ0) is 19.2. The standard InChI is InChI=1S/C20H32ClN3O2S/c1-2-19(25)23-13-11-16(12-14-23)24(15-7-5-3-4-6-8-15)20(26)22-18-10-9-17(21)27-18/h9,15-16,18H,2-8,10-14H2,1H3,(H,22,26). The van der Waals surface area contributed by atoms with Crippen molar-refractivity contribution in [1.82, 2.24) is 15.1 Å². The topological polar surface area (TPSA) is 52.7 Å². The van der Waals surface area contributed by atoms with Crippen LogP contribution in [0.3, 0.4) is 0 Å². The van der Waals surface area contributed by atoms with Crippen LogP contribution in [0.15, 0.2) is 10.4 Å². The van der Waals surface area contributed by atoms with Gasteiger partial charge in [0.1, 0.15) is 0 Å². The van der Waals surface area contributed by atoms with Crippen molar-refractivity contribution < 1.29 is 9.59 Å². The van der Waals surface area contributed by atoms with E-state index in [1.807, 2.05) is 17.9 Å². The van der Waals surface area contributed by atoms with Crippen molar-refractivity contribution in [3.8, 4) is 0 Å². The molecule has 1 unspecified atom stereocenters. The molecule has 7 heteroatoms. The van der Waals surface area contributed by atoms with Crippen LogP contribution in [0.5, 0.6) is 0 Å². The van der Waals surface area contributed by atoms with Crippen LogP contribution in [0.1, 0.15) is 71.1 Å². The van der Waals surface area contributed by atoms with Crippen molar-refractivity contribution in [3.05, 3.63) is 10.4 Å². The van der Waals surface area contributed by atoms with E-state index in [1.165, 1.54) is 37.4 Å². The van der Waals surface area contributed by atoms with Gasteiger partial charge in [-0.15, -0.1) is 0 Å². The Kier molecular flexibility index (Phi) is 7.76. The summed E-state index contributed by atoms with van der Waals surface area (Å²) in [6.45, 7) is 3.44. The lowest BCUT2D eigenvalue weighted by atomic mass is 9.98. The largest absolute Gasteiger partial charge is 0.343 e. The third-order valence-corrected chi connectivity index (χ3v) is 7.41. The molecule has 3 aliphatic rings. The number of nitrogens with zero attached hydrogens (tertiary/aromatic N) is 2. The van der Waals surface area contributed by atoms with Gasteiger partial charge in [0.25, 0.3) is 0 Å². The van der Waals surface area contributed by atoms with Gasteiger partial charge in [-0.1, -0.05) is 62.0 Å². The van der Waals surface area contributed by atoms with Gasteiger partial charge in [0.15, 0.2) is 0 Å². The average Bonchev–Trinajstić information content (AvgIpc) is 2.91. The van der Waals surface area contributed by atoms with Gasteiger partial charge >= 0.3 is 6.03 Å². The van der Waals surface area contributed by atoms with E-state index in [9.17, 15) is 9.59 Å². The number of halogens is 1. The zero-order valence-corrected chi connectivity index (χ0v) is 17.9. The lowest BCUT2D eigenvalue weighted by Gasteiger charge is -2.42. The molecule has 1 saturated heterocycles. The van der Waals surface area contributed by atoms with E-state index >= 15 is 0 Å². The summed E-state index contributed by atoms with van der Waals surface area (Å²) < 4.78 is 0.771. The molecule has 0 radical (unpaired) electrons. The van der Waals surface area contributed by atoms with Crippen LogP contribution in [0.4, 0.5) is 4.79 Å². The molecular formula is C20H32ClN3O2S. The van der Waals surface area contributed by atoms with Crippen molar-refractivity contribution in [2.24, 2.45) is 0 Å². The normalized spacial score (nSPS) is 25.0. The van der Waals surface area contributed by atoms with Crippen LogP contribution in [0, 0.1) is 0 Å². The first-order valence-electron chi connectivity index (χ1n) is 10.5. The van der Waals surface area contributed by atoms with Gasteiger partial charge in [0.2, 0.25) is 5.91 Å². The van der Waals surface area contributed by atoms with E-state index in [1.54, 1.807) is 0 Å². The molecule has 1 aliphatic carbocycles. The molecule has 3 rings (SSSR count). The van der Waals surface area contributed by atoms with Crippen LogP contribution in [0.25, 0.3) is 0 Å². The lowest BCUT2D eigenvalue weighted by Crippen LogP contribution is -2.56. The number of hydrogen-bond donors (Lipinski definition) is 1. The molecular weight excluding hydrogens is 382 g/mol. The van der Waals surface area contributed by atoms with Crippen molar-refractivity contribution in [2.45, 2.75) is 88.6 Å². The summed E-state index contributed by atoms with van der Waals surface area (Å²) in [4.78, 5) is 29.3. The Labute approximate surface area is 172 Å². The number of amides is 3. The van der Waals surface area contributed by atoms with Crippen LogP contribution in [0.2, 0.25) is 0 Å². The number of hydrogen-bond acceptors (Lipinski definition) is 3. The fraction of sp³-hybridized carbons (Fsp3) is 0.800. The second-order valence-corrected chi connectivity index (χ2v) is 9.69. The van der Waals surface area contributed by atoms with Gasteiger partial charge in [-0.05, 0) is 32.1 Å². The molecule has 152 valence electrons. The molecule has 5 nitrogen and oxygen atoms in total. The summed E-state index contributed by atoms with van der Waals surface area (Å²) >= 11 is 7.60.